The van der Waals surface area contributed by atoms with Crippen molar-refractivity contribution in [1.29, 1.82) is 0 Å². The van der Waals surface area contributed by atoms with Crippen molar-refractivity contribution in [2.24, 2.45) is 0 Å². The Morgan fingerprint density at radius 1 is 1.22 bits per heavy atom. The number of rotatable bonds is 0. The molecule has 0 aromatic heterocycles. The van der Waals surface area contributed by atoms with Gasteiger partial charge in [-0.05, 0) is 0 Å². The predicted molar refractivity (Wildman–Crippen MR) is 27.5 cm³/mol. The maximum atomic E-state index is 8.97. The Morgan fingerprint density at radius 2 is 1.22 bits per heavy atom. The molecule has 0 fully saturated rings. The van der Waals surface area contributed by atoms with Crippen LogP contribution < -0.4 is 0 Å². The Hall–Kier alpha value is 0.968. The van der Waals surface area contributed by atoms with Gasteiger partial charge < -0.3 is 5.11 Å². The van der Waals surface area contributed by atoms with Gasteiger partial charge in [0, 0.05) is 29.6 Å². The molecular weight excluding hydrogens is 253 g/mol. The van der Waals surface area contributed by atoms with Gasteiger partial charge in [0.15, 0.2) is 0 Å². The van der Waals surface area contributed by atoms with E-state index in [2.05, 4.69) is 0 Å². The fourth-order valence-electron chi connectivity index (χ4n) is 0. The Balaban J connectivity index is -0.0000000800. The van der Waals surface area contributed by atoms with Crippen LogP contribution in [0.15, 0.2) is 0 Å². The van der Waals surface area contributed by atoms with Gasteiger partial charge >= 0.3 is 33.2 Å². The molecular formula is CH5NaO6Sb. The molecule has 0 rings (SSSR count). The average molecular weight is 258 g/mol. The number of carbonyl (C=O) groups is 1. The number of carboxylic acid groups (broad SMARTS) is 1. The predicted octanol–water partition coefficient (Wildman–Crippen LogP) is -2.85. The SMILES string of the molecule is O=CO.[Na].[O]=[Sb]([OH])([OH])[OH]. The second-order valence-electron chi connectivity index (χ2n) is 0.619. The molecule has 8 heteroatoms. The van der Waals surface area contributed by atoms with Gasteiger partial charge in [0.1, 0.15) is 0 Å². The Morgan fingerprint density at radius 3 is 1.22 bits per heavy atom. The average Bonchev–Trinajstić information content (AvgIpc) is 1.27. The molecule has 6 nitrogen and oxygen atoms in total. The van der Waals surface area contributed by atoms with Crippen LogP contribution in [-0.2, 0) is 7.81 Å². The van der Waals surface area contributed by atoms with E-state index in [-0.39, 0.29) is 36.0 Å². The van der Waals surface area contributed by atoms with Gasteiger partial charge in [0.2, 0.25) is 0 Å². The zero-order valence-electron chi connectivity index (χ0n) is 4.63. The molecule has 0 atom stereocenters. The molecule has 1 radical (unpaired) electrons. The Labute approximate surface area is 78.5 Å². The first-order valence-corrected chi connectivity index (χ1v) is 5.74. The quantitative estimate of drug-likeness (QED) is 0.274. The minimum absolute atomic E-state index is 0. The van der Waals surface area contributed by atoms with Crippen LogP contribution in [0.5, 0.6) is 0 Å². The summed E-state index contributed by atoms with van der Waals surface area (Å²) in [5, 5.41) is 6.89. The van der Waals surface area contributed by atoms with Crippen LogP contribution in [0.1, 0.15) is 0 Å². The second-order valence-corrected chi connectivity index (χ2v) is 3.55. The van der Waals surface area contributed by atoms with Crippen LogP contribution in [0.4, 0.5) is 0 Å². The van der Waals surface area contributed by atoms with Crippen LogP contribution in [0.2, 0.25) is 0 Å². The molecule has 0 bridgehead atoms. The summed E-state index contributed by atoms with van der Waals surface area (Å²) >= 11 is -5.35. The summed E-state index contributed by atoms with van der Waals surface area (Å²) in [5.74, 6) is 0. The molecule has 0 aromatic rings. The molecule has 0 aromatic carbocycles. The third-order valence-corrected chi connectivity index (χ3v) is 0. The Bertz CT molecular complexity index is 87.0. The minimum atomic E-state index is -5.35. The van der Waals surface area contributed by atoms with E-state index in [1.807, 2.05) is 0 Å². The molecule has 4 N–H and O–H groups in total. The van der Waals surface area contributed by atoms with Crippen LogP contribution >= 0.6 is 0 Å². The molecule has 0 heterocycles. The second kappa shape index (κ2) is 8.97. The molecule has 0 aliphatic heterocycles. The Kier molecular flexibility index (Phi) is 16.5. The molecule has 51 valence electrons. The zero-order valence-corrected chi connectivity index (χ0v) is 9.18. The zero-order chi connectivity index (χ0) is 7.21. The molecule has 0 aliphatic carbocycles. The molecule has 9 heavy (non-hydrogen) atoms. The van der Waals surface area contributed by atoms with E-state index in [4.69, 9.17) is 23.1 Å². The molecule has 0 saturated heterocycles. The standard InChI is InChI=1S/CH2O2.Na.3H2O.O.Sb/c2-1-3;;;;;;/h1H,(H,2,3);;3*1H2;;/q;;;;;;+3/p-3. The summed E-state index contributed by atoms with van der Waals surface area (Å²) in [6, 6.07) is 0. The summed E-state index contributed by atoms with van der Waals surface area (Å²) in [5.41, 5.74) is 0. The maximum absolute atomic E-state index is 8.97. The third-order valence-electron chi connectivity index (χ3n) is 0. The first-order chi connectivity index (χ1) is 3.41. The molecule has 0 unspecified atom stereocenters. The van der Waals surface area contributed by atoms with Crippen molar-refractivity contribution in [2.75, 3.05) is 0 Å². The van der Waals surface area contributed by atoms with E-state index < -0.39 is 20.1 Å². The number of hydrogen-bond acceptors (Lipinski definition) is 2. The van der Waals surface area contributed by atoms with E-state index in [1.165, 1.54) is 0 Å². The summed E-state index contributed by atoms with van der Waals surface area (Å²) < 4.78 is 30.8. The van der Waals surface area contributed by atoms with Crippen molar-refractivity contribution >= 4 is 56.1 Å². The summed E-state index contributed by atoms with van der Waals surface area (Å²) in [7, 11) is 0. The van der Waals surface area contributed by atoms with Gasteiger partial charge in [0.25, 0.3) is 6.47 Å². The van der Waals surface area contributed by atoms with Crippen LogP contribution in [-0.4, -0.2) is 71.3 Å². The van der Waals surface area contributed by atoms with Gasteiger partial charge in [-0.15, -0.1) is 0 Å². The monoisotopic (exact) mass is 257 g/mol. The van der Waals surface area contributed by atoms with E-state index in [0.29, 0.717) is 0 Å². The first-order valence-electron chi connectivity index (χ1n) is 1.28. The van der Waals surface area contributed by atoms with E-state index in [1.54, 1.807) is 0 Å². The van der Waals surface area contributed by atoms with E-state index >= 15 is 0 Å². The molecule has 0 amide bonds. The van der Waals surface area contributed by atoms with Gasteiger partial charge in [-0.3, -0.25) is 4.79 Å². The van der Waals surface area contributed by atoms with Gasteiger partial charge in [-0.25, -0.2) is 0 Å². The summed E-state index contributed by atoms with van der Waals surface area (Å²) in [6.07, 6.45) is 0. The van der Waals surface area contributed by atoms with Crippen LogP contribution in [0.3, 0.4) is 0 Å². The van der Waals surface area contributed by atoms with Crippen molar-refractivity contribution in [3.8, 4) is 0 Å². The van der Waals surface area contributed by atoms with Gasteiger partial charge in [0.05, 0.1) is 0 Å². The van der Waals surface area contributed by atoms with Crippen LogP contribution in [0, 0.1) is 0 Å². The molecule has 0 aliphatic rings. The van der Waals surface area contributed by atoms with Crippen molar-refractivity contribution in [2.45, 2.75) is 0 Å². The summed E-state index contributed by atoms with van der Waals surface area (Å²) in [6.45, 7) is -0.250. The van der Waals surface area contributed by atoms with E-state index in [0.717, 1.165) is 0 Å². The first kappa shape index (κ1) is 16.5. The van der Waals surface area contributed by atoms with Crippen molar-refractivity contribution in [3.63, 3.8) is 0 Å². The van der Waals surface area contributed by atoms with Crippen molar-refractivity contribution < 1.29 is 23.1 Å². The van der Waals surface area contributed by atoms with Crippen molar-refractivity contribution in [1.82, 2.24) is 0 Å². The van der Waals surface area contributed by atoms with Gasteiger partial charge in [-0.1, -0.05) is 0 Å². The van der Waals surface area contributed by atoms with E-state index in [9.17, 15) is 0 Å². The fraction of sp³-hybridized carbons (Fsp3) is 0. The number of hydrogen-bond donors (Lipinski definition) is 4. The third kappa shape index (κ3) is 465. The molecule has 0 spiro atoms. The van der Waals surface area contributed by atoms with Gasteiger partial charge in [-0.2, -0.15) is 0 Å². The van der Waals surface area contributed by atoms with Crippen molar-refractivity contribution in [3.05, 3.63) is 0 Å². The fourth-order valence-corrected chi connectivity index (χ4v) is 0. The summed E-state index contributed by atoms with van der Waals surface area (Å²) in [4.78, 5) is 8.36. The molecule has 0 saturated carbocycles. The normalized spacial score (nSPS) is 7.89. The topological polar surface area (TPSA) is 115 Å². The van der Waals surface area contributed by atoms with Crippen LogP contribution in [0.25, 0.3) is 0 Å².